The fourth-order valence-electron chi connectivity index (χ4n) is 3.38. The van der Waals surface area contributed by atoms with Crippen molar-refractivity contribution in [1.82, 2.24) is 30.1 Å². The number of benzene rings is 1. The van der Waals surface area contributed by atoms with Crippen LogP contribution < -0.4 is 10.6 Å². The van der Waals surface area contributed by atoms with Crippen molar-refractivity contribution >= 4 is 17.7 Å². The molecule has 1 aromatic carbocycles. The van der Waals surface area contributed by atoms with Gasteiger partial charge in [-0.3, -0.25) is 4.79 Å². The number of likely N-dealkylation sites (tertiary alicyclic amines) is 1. The quantitative estimate of drug-likeness (QED) is 0.595. The highest BCUT2D eigenvalue weighted by molar-refractivity contribution is 5.98. The van der Waals surface area contributed by atoms with E-state index in [1.54, 1.807) is 16.9 Å². The standard InChI is InChI=1S/C20H24N8O/c29-19(27-14-5-2-6-15-27)17-10-7-11-21-18(17)22-12-13-23-20-24-25-26-28(20)16-8-3-1-4-9-16/h1,3-4,7-11H,2,5-6,12-15H2,(H,21,22)(H,23,24,26). The van der Waals surface area contributed by atoms with E-state index >= 15 is 0 Å². The topological polar surface area (TPSA) is 101 Å². The number of piperidine rings is 1. The second-order valence-electron chi connectivity index (χ2n) is 6.86. The summed E-state index contributed by atoms with van der Waals surface area (Å²) >= 11 is 0. The molecule has 1 amide bonds. The monoisotopic (exact) mass is 392 g/mol. The van der Waals surface area contributed by atoms with Gasteiger partial charge in [0.2, 0.25) is 5.95 Å². The van der Waals surface area contributed by atoms with Crippen LogP contribution in [0.3, 0.4) is 0 Å². The minimum atomic E-state index is 0.0429. The van der Waals surface area contributed by atoms with Gasteiger partial charge in [-0.2, -0.15) is 4.68 Å². The molecule has 3 heterocycles. The van der Waals surface area contributed by atoms with Crippen molar-refractivity contribution in [3.8, 4) is 5.69 Å². The van der Waals surface area contributed by atoms with Crippen molar-refractivity contribution in [2.45, 2.75) is 19.3 Å². The predicted octanol–water partition coefficient (Wildman–Crippen LogP) is 2.21. The van der Waals surface area contributed by atoms with Gasteiger partial charge in [0.25, 0.3) is 5.91 Å². The number of tetrazole rings is 1. The van der Waals surface area contributed by atoms with Crippen molar-refractivity contribution in [2.24, 2.45) is 0 Å². The first-order chi connectivity index (χ1) is 14.3. The molecule has 0 saturated carbocycles. The van der Waals surface area contributed by atoms with Gasteiger partial charge in [0, 0.05) is 32.4 Å². The Balaban J connectivity index is 1.35. The van der Waals surface area contributed by atoms with Crippen LogP contribution in [0.1, 0.15) is 29.6 Å². The first kappa shape index (κ1) is 18.9. The largest absolute Gasteiger partial charge is 0.368 e. The lowest BCUT2D eigenvalue weighted by Gasteiger charge is -2.27. The second-order valence-corrected chi connectivity index (χ2v) is 6.86. The Hall–Kier alpha value is -3.49. The highest BCUT2D eigenvalue weighted by atomic mass is 16.2. The molecule has 0 unspecified atom stereocenters. The van der Waals surface area contributed by atoms with E-state index in [4.69, 9.17) is 0 Å². The van der Waals surface area contributed by atoms with Gasteiger partial charge in [0.1, 0.15) is 5.82 Å². The first-order valence-electron chi connectivity index (χ1n) is 9.89. The fraction of sp³-hybridized carbons (Fsp3) is 0.350. The molecule has 9 heteroatoms. The maximum Gasteiger partial charge on any atom is 0.257 e. The first-order valence-corrected chi connectivity index (χ1v) is 9.89. The van der Waals surface area contributed by atoms with Crippen LogP contribution in [-0.2, 0) is 0 Å². The Bertz CT molecular complexity index is 936. The molecule has 150 valence electrons. The predicted molar refractivity (Wildman–Crippen MR) is 110 cm³/mol. The van der Waals surface area contributed by atoms with Gasteiger partial charge in [-0.05, 0) is 54.0 Å². The van der Waals surface area contributed by atoms with E-state index in [0.717, 1.165) is 31.6 Å². The molecule has 1 fully saturated rings. The van der Waals surface area contributed by atoms with Crippen LogP contribution >= 0.6 is 0 Å². The number of nitrogens with one attached hydrogen (secondary N) is 2. The molecular formula is C20H24N8O. The molecule has 29 heavy (non-hydrogen) atoms. The lowest BCUT2D eigenvalue weighted by Crippen LogP contribution is -2.36. The third-order valence-electron chi connectivity index (χ3n) is 4.85. The minimum Gasteiger partial charge on any atom is -0.368 e. The second kappa shape index (κ2) is 9.13. The number of hydrogen-bond acceptors (Lipinski definition) is 7. The minimum absolute atomic E-state index is 0.0429. The zero-order valence-electron chi connectivity index (χ0n) is 16.2. The third-order valence-corrected chi connectivity index (χ3v) is 4.85. The number of hydrogen-bond donors (Lipinski definition) is 2. The maximum absolute atomic E-state index is 12.8. The maximum atomic E-state index is 12.8. The Labute approximate surface area is 169 Å². The molecule has 1 aliphatic heterocycles. The van der Waals surface area contributed by atoms with E-state index in [1.165, 1.54) is 6.42 Å². The van der Waals surface area contributed by atoms with Crippen molar-refractivity contribution in [3.63, 3.8) is 0 Å². The number of rotatable bonds is 7. The van der Waals surface area contributed by atoms with E-state index in [1.807, 2.05) is 41.3 Å². The van der Waals surface area contributed by atoms with Crippen LogP contribution in [-0.4, -0.2) is 62.2 Å². The number of anilines is 2. The third kappa shape index (κ3) is 4.50. The molecule has 1 saturated heterocycles. The summed E-state index contributed by atoms with van der Waals surface area (Å²) in [5.74, 6) is 1.21. The normalized spacial score (nSPS) is 13.9. The summed E-state index contributed by atoms with van der Waals surface area (Å²) in [7, 11) is 0. The van der Waals surface area contributed by atoms with Gasteiger partial charge in [0.05, 0.1) is 11.3 Å². The lowest BCUT2D eigenvalue weighted by molar-refractivity contribution is 0.0725. The van der Waals surface area contributed by atoms with Crippen LogP contribution in [0.4, 0.5) is 11.8 Å². The summed E-state index contributed by atoms with van der Waals surface area (Å²) in [5, 5.41) is 18.3. The number of carbonyl (C=O) groups is 1. The zero-order valence-corrected chi connectivity index (χ0v) is 16.2. The highest BCUT2D eigenvalue weighted by Crippen LogP contribution is 2.18. The molecular weight excluding hydrogens is 368 g/mol. The van der Waals surface area contributed by atoms with Gasteiger partial charge in [0.15, 0.2) is 0 Å². The van der Waals surface area contributed by atoms with Gasteiger partial charge < -0.3 is 15.5 Å². The van der Waals surface area contributed by atoms with Crippen LogP contribution in [0.2, 0.25) is 0 Å². The molecule has 0 radical (unpaired) electrons. The molecule has 0 aliphatic carbocycles. The summed E-state index contributed by atoms with van der Waals surface area (Å²) < 4.78 is 1.64. The number of carbonyl (C=O) groups excluding carboxylic acids is 1. The summed E-state index contributed by atoms with van der Waals surface area (Å²) in [6.07, 6.45) is 5.01. The smallest absolute Gasteiger partial charge is 0.257 e. The van der Waals surface area contributed by atoms with Gasteiger partial charge >= 0.3 is 0 Å². The highest BCUT2D eigenvalue weighted by Gasteiger charge is 2.21. The molecule has 3 aromatic rings. The molecule has 2 N–H and O–H groups in total. The van der Waals surface area contributed by atoms with E-state index in [9.17, 15) is 4.79 Å². The van der Waals surface area contributed by atoms with E-state index in [-0.39, 0.29) is 5.91 Å². The average molecular weight is 392 g/mol. The lowest BCUT2D eigenvalue weighted by atomic mass is 10.1. The van der Waals surface area contributed by atoms with Crippen molar-refractivity contribution in [1.29, 1.82) is 0 Å². The Kier molecular flexibility index (Phi) is 5.94. The molecule has 9 nitrogen and oxygen atoms in total. The molecule has 0 atom stereocenters. The van der Waals surface area contributed by atoms with Gasteiger partial charge in [-0.15, -0.1) is 0 Å². The molecule has 1 aliphatic rings. The fourth-order valence-corrected chi connectivity index (χ4v) is 3.38. The van der Waals surface area contributed by atoms with Crippen LogP contribution in [0.5, 0.6) is 0 Å². The molecule has 0 bridgehead atoms. The van der Waals surface area contributed by atoms with E-state index in [2.05, 4.69) is 31.1 Å². The number of amides is 1. The zero-order chi connectivity index (χ0) is 19.9. The summed E-state index contributed by atoms with van der Waals surface area (Å²) in [6, 6.07) is 13.3. The van der Waals surface area contributed by atoms with Crippen molar-refractivity contribution in [3.05, 3.63) is 54.2 Å². The number of aromatic nitrogens is 5. The molecule has 0 spiro atoms. The Morgan fingerprint density at radius 2 is 1.76 bits per heavy atom. The molecule has 2 aromatic heterocycles. The van der Waals surface area contributed by atoms with E-state index in [0.29, 0.717) is 30.4 Å². The number of para-hydroxylation sites is 1. The van der Waals surface area contributed by atoms with Gasteiger partial charge in [-0.25, -0.2) is 4.98 Å². The summed E-state index contributed by atoms with van der Waals surface area (Å²) in [4.78, 5) is 19.1. The Morgan fingerprint density at radius 3 is 2.59 bits per heavy atom. The van der Waals surface area contributed by atoms with Crippen LogP contribution in [0.15, 0.2) is 48.7 Å². The SMILES string of the molecule is O=C(c1cccnc1NCCNc1nnnn1-c1ccccc1)N1CCCCC1. The van der Waals surface area contributed by atoms with Crippen molar-refractivity contribution in [2.75, 3.05) is 36.8 Å². The summed E-state index contributed by atoms with van der Waals surface area (Å²) in [5.41, 5.74) is 1.50. The van der Waals surface area contributed by atoms with E-state index < -0.39 is 0 Å². The summed E-state index contributed by atoms with van der Waals surface area (Å²) in [6.45, 7) is 2.77. The van der Waals surface area contributed by atoms with Gasteiger partial charge in [-0.1, -0.05) is 23.3 Å². The van der Waals surface area contributed by atoms with Crippen molar-refractivity contribution < 1.29 is 4.79 Å². The molecule has 4 rings (SSSR count). The van der Waals surface area contributed by atoms with Crippen LogP contribution in [0.25, 0.3) is 5.69 Å². The number of nitrogens with zero attached hydrogens (tertiary/aromatic N) is 6. The number of pyridine rings is 1. The van der Waals surface area contributed by atoms with Crippen LogP contribution in [0, 0.1) is 0 Å². The average Bonchev–Trinajstić information content (AvgIpc) is 3.26. The Morgan fingerprint density at radius 1 is 0.966 bits per heavy atom.